The quantitative estimate of drug-likeness (QED) is 0.505. The monoisotopic (exact) mass is 364 g/mol. The van der Waals surface area contributed by atoms with E-state index in [1.165, 1.54) is 12.1 Å². The van der Waals surface area contributed by atoms with Crippen molar-refractivity contribution in [1.82, 2.24) is 10.6 Å². The fraction of sp³-hybridized carbons (Fsp3) is 0.526. The molecule has 4 N–H and O–H groups in total. The molecule has 0 saturated heterocycles. The zero-order chi connectivity index (χ0) is 19.7. The average Bonchev–Trinajstić information content (AvgIpc) is 2.55. The second kappa shape index (κ2) is 10.4. The van der Waals surface area contributed by atoms with Crippen LogP contribution in [-0.4, -0.2) is 40.1 Å². The van der Waals surface area contributed by atoms with Crippen LogP contribution >= 0.6 is 0 Å². The number of aromatic hydroxyl groups is 1. The molecule has 7 heteroatoms. The summed E-state index contributed by atoms with van der Waals surface area (Å²) in [5.74, 6) is -1.64. The first-order valence-corrected chi connectivity index (χ1v) is 8.83. The van der Waals surface area contributed by atoms with Crippen LogP contribution in [0, 0.1) is 5.92 Å². The summed E-state index contributed by atoms with van der Waals surface area (Å²) in [6, 6.07) is 4.24. The van der Waals surface area contributed by atoms with Gasteiger partial charge >= 0.3 is 5.97 Å². The van der Waals surface area contributed by atoms with Crippen molar-refractivity contribution in [3.63, 3.8) is 0 Å². The van der Waals surface area contributed by atoms with Gasteiger partial charge in [0.25, 0.3) is 0 Å². The van der Waals surface area contributed by atoms with E-state index in [1.54, 1.807) is 12.1 Å². The molecule has 1 aromatic rings. The normalized spacial score (nSPS) is 13.1. The van der Waals surface area contributed by atoms with Gasteiger partial charge in [-0.3, -0.25) is 9.59 Å². The fourth-order valence-corrected chi connectivity index (χ4v) is 2.54. The number of phenolic OH excluding ortho intramolecular Hbond substituents is 1. The molecular formula is C19H28N2O5. The maximum Gasteiger partial charge on any atom is 0.326 e. The Morgan fingerprint density at radius 1 is 1.04 bits per heavy atom. The molecule has 0 bridgehead atoms. The molecule has 1 rings (SSSR count). The highest BCUT2D eigenvalue weighted by Gasteiger charge is 2.27. The zero-order valence-corrected chi connectivity index (χ0v) is 15.5. The second-order valence-electron chi connectivity index (χ2n) is 6.77. The fourth-order valence-electron chi connectivity index (χ4n) is 2.54. The van der Waals surface area contributed by atoms with E-state index in [4.69, 9.17) is 0 Å². The van der Waals surface area contributed by atoms with Crippen molar-refractivity contribution in [2.75, 3.05) is 0 Å². The highest BCUT2D eigenvalue weighted by molar-refractivity contribution is 5.90. The third-order valence-corrected chi connectivity index (χ3v) is 3.83. The van der Waals surface area contributed by atoms with E-state index in [1.807, 2.05) is 20.8 Å². The summed E-state index contributed by atoms with van der Waals surface area (Å²) in [4.78, 5) is 35.9. The van der Waals surface area contributed by atoms with Crippen molar-refractivity contribution in [2.45, 2.75) is 58.5 Å². The first-order chi connectivity index (χ1) is 12.2. The van der Waals surface area contributed by atoms with Crippen LogP contribution in [0.4, 0.5) is 0 Å². The summed E-state index contributed by atoms with van der Waals surface area (Å²) in [5.41, 5.74) is 0.672. The van der Waals surface area contributed by atoms with Crippen LogP contribution < -0.4 is 10.6 Å². The molecule has 0 heterocycles. The number of carbonyl (C=O) groups is 3. The number of hydrogen-bond acceptors (Lipinski definition) is 4. The Labute approximate surface area is 153 Å². The van der Waals surface area contributed by atoms with E-state index < -0.39 is 24.0 Å². The van der Waals surface area contributed by atoms with Crippen molar-refractivity contribution in [3.8, 4) is 5.75 Å². The summed E-state index contributed by atoms with van der Waals surface area (Å²) in [6.07, 6.45) is 1.49. The van der Waals surface area contributed by atoms with Crippen molar-refractivity contribution in [1.29, 1.82) is 0 Å². The van der Waals surface area contributed by atoms with Crippen LogP contribution in [0.2, 0.25) is 0 Å². The SMILES string of the molecule is CCCC(=O)NC(CC(C)C)C(=O)NC(Cc1ccc(O)cc1)C(=O)O. The number of carboxylic acid groups (broad SMARTS) is 1. The minimum atomic E-state index is -1.16. The van der Waals surface area contributed by atoms with E-state index in [0.717, 1.165) is 0 Å². The molecule has 0 aliphatic carbocycles. The molecule has 0 fully saturated rings. The standard InChI is InChI=1S/C19H28N2O5/c1-4-5-17(23)20-15(10-12(2)3)18(24)21-16(19(25)26)11-13-6-8-14(22)9-7-13/h6-9,12,15-16,22H,4-5,10-11H2,1-3H3,(H,20,23)(H,21,24)(H,25,26). The van der Waals surface area contributed by atoms with E-state index in [9.17, 15) is 24.6 Å². The zero-order valence-electron chi connectivity index (χ0n) is 15.5. The van der Waals surface area contributed by atoms with Gasteiger partial charge in [-0.15, -0.1) is 0 Å². The third-order valence-electron chi connectivity index (χ3n) is 3.83. The van der Waals surface area contributed by atoms with Crippen LogP contribution in [-0.2, 0) is 20.8 Å². The largest absolute Gasteiger partial charge is 0.508 e. The van der Waals surface area contributed by atoms with E-state index in [2.05, 4.69) is 10.6 Å². The van der Waals surface area contributed by atoms with Crippen LogP contribution in [0.3, 0.4) is 0 Å². The van der Waals surface area contributed by atoms with Gasteiger partial charge in [0.1, 0.15) is 17.8 Å². The highest BCUT2D eigenvalue weighted by atomic mass is 16.4. The predicted molar refractivity (Wildman–Crippen MR) is 97.7 cm³/mol. The van der Waals surface area contributed by atoms with Crippen LogP contribution in [0.5, 0.6) is 5.75 Å². The number of carboxylic acids is 1. The lowest BCUT2D eigenvalue weighted by Crippen LogP contribution is -2.52. The number of nitrogens with one attached hydrogen (secondary N) is 2. The lowest BCUT2D eigenvalue weighted by Gasteiger charge is -2.23. The molecule has 0 aliphatic heterocycles. The van der Waals surface area contributed by atoms with Crippen molar-refractivity contribution in [3.05, 3.63) is 29.8 Å². The molecule has 0 spiro atoms. The first-order valence-electron chi connectivity index (χ1n) is 8.83. The first kappa shape index (κ1) is 21.5. The molecule has 1 aromatic carbocycles. The Morgan fingerprint density at radius 3 is 2.15 bits per heavy atom. The molecule has 26 heavy (non-hydrogen) atoms. The number of carbonyl (C=O) groups excluding carboxylic acids is 2. The number of aliphatic carboxylic acids is 1. The Balaban J connectivity index is 2.81. The summed E-state index contributed by atoms with van der Waals surface area (Å²) in [6.45, 7) is 5.73. The van der Waals surface area contributed by atoms with Gasteiger partial charge in [0, 0.05) is 12.8 Å². The van der Waals surface area contributed by atoms with Crippen molar-refractivity contribution >= 4 is 17.8 Å². The molecule has 7 nitrogen and oxygen atoms in total. The Morgan fingerprint density at radius 2 is 1.65 bits per heavy atom. The molecule has 0 saturated carbocycles. The minimum Gasteiger partial charge on any atom is -0.508 e. The molecular weight excluding hydrogens is 336 g/mol. The molecule has 144 valence electrons. The van der Waals surface area contributed by atoms with E-state index >= 15 is 0 Å². The van der Waals surface area contributed by atoms with Crippen molar-refractivity contribution in [2.24, 2.45) is 5.92 Å². The molecule has 2 atom stereocenters. The van der Waals surface area contributed by atoms with Gasteiger partial charge in [-0.2, -0.15) is 0 Å². The number of benzene rings is 1. The van der Waals surface area contributed by atoms with Crippen LogP contribution in [0.25, 0.3) is 0 Å². The number of phenols is 1. The lowest BCUT2D eigenvalue weighted by atomic mass is 10.0. The van der Waals surface area contributed by atoms with Crippen LogP contribution in [0.1, 0.15) is 45.6 Å². The van der Waals surface area contributed by atoms with Gasteiger partial charge in [0.05, 0.1) is 0 Å². The molecule has 2 amide bonds. The predicted octanol–water partition coefficient (Wildman–Crippen LogP) is 1.84. The molecule has 0 aliphatic rings. The average molecular weight is 364 g/mol. The molecule has 0 aromatic heterocycles. The maximum absolute atomic E-state index is 12.5. The second-order valence-corrected chi connectivity index (χ2v) is 6.77. The Bertz CT molecular complexity index is 613. The van der Waals surface area contributed by atoms with Gasteiger partial charge < -0.3 is 20.8 Å². The Hall–Kier alpha value is -2.57. The van der Waals surface area contributed by atoms with Gasteiger partial charge in [0.15, 0.2) is 0 Å². The smallest absolute Gasteiger partial charge is 0.326 e. The minimum absolute atomic E-state index is 0.0820. The van der Waals surface area contributed by atoms with Gasteiger partial charge in [-0.25, -0.2) is 4.79 Å². The number of hydrogen-bond donors (Lipinski definition) is 4. The Kier molecular flexibility index (Phi) is 8.61. The van der Waals surface area contributed by atoms with Gasteiger partial charge in [0.2, 0.25) is 11.8 Å². The van der Waals surface area contributed by atoms with Gasteiger partial charge in [-0.1, -0.05) is 32.9 Å². The summed E-state index contributed by atoms with van der Waals surface area (Å²) in [5, 5.41) is 23.9. The van der Waals surface area contributed by atoms with Crippen LogP contribution in [0.15, 0.2) is 24.3 Å². The summed E-state index contributed by atoms with van der Waals surface area (Å²) >= 11 is 0. The number of rotatable bonds is 10. The summed E-state index contributed by atoms with van der Waals surface area (Å²) in [7, 11) is 0. The van der Waals surface area contributed by atoms with Crippen molar-refractivity contribution < 1.29 is 24.6 Å². The maximum atomic E-state index is 12.5. The molecule has 0 radical (unpaired) electrons. The topological polar surface area (TPSA) is 116 Å². The van der Waals surface area contributed by atoms with E-state index in [-0.39, 0.29) is 24.0 Å². The van der Waals surface area contributed by atoms with Gasteiger partial charge in [-0.05, 0) is 36.5 Å². The third kappa shape index (κ3) is 7.55. The number of amides is 2. The lowest BCUT2D eigenvalue weighted by molar-refractivity contribution is -0.142. The highest BCUT2D eigenvalue weighted by Crippen LogP contribution is 2.12. The summed E-state index contributed by atoms with van der Waals surface area (Å²) < 4.78 is 0. The molecule has 2 unspecified atom stereocenters. The van der Waals surface area contributed by atoms with E-state index in [0.29, 0.717) is 24.8 Å².